The summed E-state index contributed by atoms with van der Waals surface area (Å²) in [5.41, 5.74) is -1.32. The van der Waals surface area contributed by atoms with Crippen molar-refractivity contribution in [2.45, 2.75) is 64.6 Å². The largest absolute Gasteiger partial charge is 0.444 e. The van der Waals surface area contributed by atoms with Gasteiger partial charge in [0.2, 0.25) is 0 Å². The number of carbonyl (C=O) groups is 1. The number of nitrogens with one attached hydrogen (secondary N) is 1. The van der Waals surface area contributed by atoms with Gasteiger partial charge in [-0.05, 0) is 64.7 Å². The van der Waals surface area contributed by atoms with E-state index in [2.05, 4.69) is 5.32 Å². The van der Waals surface area contributed by atoms with E-state index in [-0.39, 0.29) is 6.54 Å². The number of ether oxygens (including phenoxy) is 1. The quantitative estimate of drug-likeness (QED) is 0.828. The van der Waals surface area contributed by atoms with Crippen molar-refractivity contribution >= 4 is 6.09 Å². The SMILES string of the molecule is CC(C)(C)OC(=O)NCC(C)(O)C1CC2CCC1C2. The number of hydrogen-bond donors (Lipinski definition) is 2. The van der Waals surface area contributed by atoms with Crippen LogP contribution in [0.5, 0.6) is 0 Å². The van der Waals surface area contributed by atoms with E-state index in [9.17, 15) is 9.90 Å². The molecule has 19 heavy (non-hydrogen) atoms. The molecule has 4 atom stereocenters. The molecule has 4 nitrogen and oxygen atoms in total. The molecule has 0 spiro atoms. The Labute approximate surface area is 115 Å². The lowest BCUT2D eigenvalue weighted by Gasteiger charge is -2.36. The summed E-state index contributed by atoms with van der Waals surface area (Å²) < 4.78 is 5.20. The van der Waals surface area contributed by atoms with Crippen molar-refractivity contribution in [3.05, 3.63) is 0 Å². The molecule has 4 heteroatoms. The second-order valence-corrected chi connectivity index (χ2v) is 7.49. The summed E-state index contributed by atoms with van der Waals surface area (Å²) in [6, 6.07) is 0. The molecule has 110 valence electrons. The minimum atomic E-state index is -0.823. The van der Waals surface area contributed by atoms with Crippen LogP contribution < -0.4 is 5.32 Å². The van der Waals surface area contributed by atoms with Crippen molar-refractivity contribution in [2.75, 3.05) is 6.54 Å². The normalized spacial score (nSPS) is 33.0. The molecule has 0 aromatic rings. The summed E-state index contributed by atoms with van der Waals surface area (Å²) in [5.74, 6) is 1.75. The molecule has 1 amide bonds. The highest BCUT2D eigenvalue weighted by Gasteiger charge is 2.47. The van der Waals surface area contributed by atoms with Gasteiger partial charge in [0.25, 0.3) is 0 Å². The first-order chi connectivity index (χ1) is 8.67. The van der Waals surface area contributed by atoms with E-state index in [1.807, 2.05) is 27.7 Å². The van der Waals surface area contributed by atoms with Crippen LogP contribution in [0.25, 0.3) is 0 Å². The number of alkyl carbamates (subject to hydrolysis) is 1. The lowest BCUT2D eigenvalue weighted by Crippen LogP contribution is -2.48. The highest BCUT2D eigenvalue weighted by Crippen LogP contribution is 2.51. The van der Waals surface area contributed by atoms with Crippen LogP contribution in [0.15, 0.2) is 0 Å². The molecule has 2 fully saturated rings. The van der Waals surface area contributed by atoms with Crippen LogP contribution in [0.3, 0.4) is 0 Å². The minimum absolute atomic E-state index is 0.274. The van der Waals surface area contributed by atoms with Crippen molar-refractivity contribution in [3.63, 3.8) is 0 Å². The maximum Gasteiger partial charge on any atom is 0.407 e. The van der Waals surface area contributed by atoms with Gasteiger partial charge in [0.1, 0.15) is 5.60 Å². The monoisotopic (exact) mass is 269 g/mol. The van der Waals surface area contributed by atoms with E-state index in [0.29, 0.717) is 11.8 Å². The van der Waals surface area contributed by atoms with E-state index in [1.165, 1.54) is 19.3 Å². The summed E-state index contributed by atoms with van der Waals surface area (Å²) in [5, 5.41) is 13.3. The minimum Gasteiger partial charge on any atom is -0.444 e. The highest BCUT2D eigenvalue weighted by atomic mass is 16.6. The first kappa shape index (κ1) is 14.6. The first-order valence-corrected chi connectivity index (χ1v) is 7.36. The molecule has 2 N–H and O–H groups in total. The highest BCUT2D eigenvalue weighted by molar-refractivity contribution is 5.67. The van der Waals surface area contributed by atoms with Crippen molar-refractivity contribution < 1.29 is 14.6 Å². The molecule has 2 saturated carbocycles. The summed E-state index contributed by atoms with van der Waals surface area (Å²) in [6.45, 7) is 7.62. The third kappa shape index (κ3) is 3.62. The number of fused-ring (bicyclic) bond motifs is 2. The molecule has 2 aliphatic rings. The lowest BCUT2D eigenvalue weighted by molar-refractivity contribution is -0.0260. The molecule has 2 aliphatic carbocycles. The Morgan fingerprint density at radius 2 is 1.95 bits per heavy atom. The van der Waals surface area contributed by atoms with Gasteiger partial charge in [-0.3, -0.25) is 0 Å². The van der Waals surface area contributed by atoms with Crippen LogP contribution >= 0.6 is 0 Å². The van der Waals surface area contributed by atoms with Gasteiger partial charge in [-0.25, -0.2) is 4.79 Å². The standard InChI is InChI=1S/C15H27NO3/c1-14(2,3)19-13(17)16-9-15(4,18)12-8-10-5-6-11(12)7-10/h10-12,18H,5-9H2,1-4H3,(H,16,17). The van der Waals surface area contributed by atoms with Gasteiger partial charge in [0.15, 0.2) is 0 Å². The van der Waals surface area contributed by atoms with Crippen molar-refractivity contribution in [1.82, 2.24) is 5.32 Å². The second-order valence-electron chi connectivity index (χ2n) is 7.49. The zero-order chi connectivity index (χ0) is 14.3. The zero-order valence-corrected chi connectivity index (χ0v) is 12.5. The molecule has 2 rings (SSSR count). The molecule has 0 aromatic carbocycles. The number of rotatable bonds is 3. The third-order valence-corrected chi connectivity index (χ3v) is 4.53. The Bertz CT molecular complexity index is 346. The Hall–Kier alpha value is -0.770. The molecule has 0 saturated heterocycles. The number of aliphatic hydroxyl groups is 1. The van der Waals surface area contributed by atoms with Crippen molar-refractivity contribution in [2.24, 2.45) is 17.8 Å². The van der Waals surface area contributed by atoms with Crippen LogP contribution in [0.1, 0.15) is 53.4 Å². The van der Waals surface area contributed by atoms with Crippen LogP contribution in [0, 0.1) is 17.8 Å². The van der Waals surface area contributed by atoms with Gasteiger partial charge in [0, 0.05) is 6.54 Å². The fourth-order valence-electron chi connectivity index (χ4n) is 3.70. The van der Waals surface area contributed by atoms with Crippen molar-refractivity contribution in [1.29, 1.82) is 0 Å². The van der Waals surface area contributed by atoms with Crippen molar-refractivity contribution in [3.8, 4) is 0 Å². The zero-order valence-electron chi connectivity index (χ0n) is 12.5. The van der Waals surface area contributed by atoms with Gasteiger partial charge in [0.05, 0.1) is 5.60 Å². The summed E-state index contributed by atoms with van der Waals surface area (Å²) in [7, 11) is 0. The Balaban J connectivity index is 1.83. The van der Waals surface area contributed by atoms with Crippen LogP contribution in [-0.2, 0) is 4.74 Å². The molecule has 4 unspecified atom stereocenters. The van der Waals surface area contributed by atoms with Gasteiger partial charge in [-0.1, -0.05) is 6.42 Å². The summed E-state index contributed by atoms with van der Waals surface area (Å²) >= 11 is 0. The molecule has 0 heterocycles. The van der Waals surface area contributed by atoms with E-state index in [4.69, 9.17) is 4.74 Å². The van der Waals surface area contributed by atoms with E-state index >= 15 is 0 Å². The first-order valence-electron chi connectivity index (χ1n) is 7.36. The molecule has 2 bridgehead atoms. The Morgan fingerprint density at radius 3 is 2.42 bits per heavy atom. The molecular formula is C15H27NO3. The molecule has 0 aromatic heterocycles. The third-order valence-electron chi connectivity index (χ3n) is 4.53. The Morgan fingerprint density at radius 1 is 1.26 bits per heavy atom. The summed E-state index contributed by atoms with van der Waals surface area (Å²) in [4.78, 5) is 11.6. The maximum atomic E-state index is 11.6. The van der Waals surface area contributed by atoms with Gasteiger partial charge in [-0.2, -0.15) is 0 Å². The number of hydrogen-bond acceptors (Lipinski definition) is 3. The second kappa shape index (κ2) is 4.97. The Kier molecular flexibility index (Phi) is 3.83. The van der Waals surface area contributed by atoms with Gasteiger partial charge in [-0.15, -0.1) is 0 Å². The average molecular weight is 269 g/mol. The van der Waals surface area contributed by atoms with E-state index in [0.717, 1.165) is 12.3 Å². The molecular weight excluding hydrogens is 242 g/mol. The predicted octanol–water partition coefficient (Wildman–Crippen LogP) is 2.70. The van der Waals surface area contributed by atoms with E-state index in [1.54, 1.807) is 0 Å². The fourth-order valence-corrected chi connectivity index (χ4v) is 3.70. The van der Waals surface area contributed by atoms with Gasteiger partial charge < -0.3 is 15.2 Å². The summed E-state index contributed by atoms with van der Waals surface area (Å²) in [6.07, 6.45) is 4.46. The fraction of sp³-hybridized carbons (Fsp3) is 0.933. The lowest BCUT2D eigenvalue weighted by atomic mass is 9.77. The van der Waals surface area contributed by atoms with Crippen LogP contribution in [0.2, 0.25) is 0 Å². The smallest absolute Gasteiger partial charge is 0.407 e. The van der Waals surface area contributed by atoms with E-state index < -0.39 is 17.3 Å². The predicted molar refractivity (Wildman–Crippen MR) is 73.8 cm³/mol. The molecule has 0 radical (unpaired) electrons. The topological polar surface area (TPSA) is 58.6 Å². The van der Waals surface area contributed by atoms with Gasteiger partial charge >= 0.3 is 6.09 Å². The average Bonchev–Trinajstić information content (AvgIpc) is 2.86. The van der Waals surface area contributed by atoms with Crippen LogP contribution in [0.4, 0.5) is 4.79 Å². The maximum absolute atomic E-state index is 11.6. The number of amides is 1. The molecule has 0 aliphatic heterocycles. The number of carbonyl (C=O) groups excluding carboxylic acids is 1. The van der Waals surface area contributed by atoms with Crippen LogP contribution in [-0.4, -0.2) is 28.9 Å².